The first-order valence-electron chi connectivity index (χ1n) is 4.50. The Morgan fingerprint density at radius 1 is 1.50 bits per heavy atom. The number of rotatable bonds is 1. The van der Waals surface area contributed by atoms with E-state index in [-0.39, 0.29) is 18.0 Å². The van der Waals surface area contributed by atoms with Crippen molar-refractivity contribution in [2.75, 3.05) is 6.61 Å². The van der Waals surface area contributed by atoms with Gasteiger partial charge in [0.2, 0.25) is 0 Å². The minimum Gasteiger partial charge on any atom is -0.372 e. The SMILES string of the molecule is NC1CCOC1c1cc(Cl)ccc1F. The van der Waals surface area contributed by atoms with Gasteiger partial charge >= 0.3 is 0 Å². The summed E-state index contributed by atoms with van der Waals surface area (Å²) in [6.45, 7) is 0.581. The van der Waals surface area contributed by atoms with Crippen LogP contribution in [0.15, 0.2) is 18.2 Å². The molecule has 2 nitrogen and oxygen atoms in total. The summed E-state index contributed by atoms with van der Waals surface area (Å²) in [5, 5.41) is 0.504. The molecule has 4 heteroatoms. The Balaban J connectivity index is 2.34. The van der Waals surface area contributed by atoms with E-state index in [9.17, 15) is 4.39 Å². The van der Waals surface area contributed by atoms with E-state index < -0.39 is 0 Å². The molecule has 2 atom stereocenters. The van der Waals surface area contributed by atoms with Gasteiger partial charge in [-0.15, -0.1) is 0 Å². The molecule has 0 saturated carbocycles. The lowest BCUT2D eigenvalue weighted by Crippen LogP contribution is -2.24. The van der Waals surface area contributed by atoms with Crippen molar-refractivity contribution < 1.29 is 9.13 Å². The summed E-state index contributed by atoms with van der Waals surface area (Å²) in [6, 6.07) is 4.29. The standard InChI is InChI=1S/C10H11ClFNO/c11-6-1-2-8(12)7(5-6)10-9(13)3-4-14-10/h1-2,5,9-10H,3-4,13H2. The summed E-state index contributed by atoms with van der Waals surface area (Å²) < 4.78 is 18.8. The molecule has 1 heterocycles. The van der Waals surface area contributed by atoms with Crippen molar-refractivity contribution in [2.24, 2.45) is 5.73 Å². The highest BCUT2D eigenvalue weighted by molar-refractivity contribution is 6.30. The summed E-state index contributed by atoms with van der Waals surface area (Å²) in [5.74, 6) is -0.309. The zero-order chi connectivity index (χ0) is 10.1. The van der Waals surface area contributed by atoms with Crippen molar-refractivity contribution >= 4 is 11.6 Å². The van der Waals surface area contributed by atoms with Crippen molar-refractivity contribution in [1.29, 1.82) is 0 Å². The van der Waals surface area contributed by atoms with Gasteiger partial charge in [0.25, 0.3) is 0 Å². The first-order chi connectivity index (χ1) is 6.68. The molecule has 1 aliphatic heterocycles. The van der Waals surface area contributed by atoms with E-state index in [4.69, 9.17) is 22.1 Å². The number of ether oxygens (including phenoxy) is 1. The van der Waals surface area contributed by atoms with Gasteiger partial charge in [0, 0.05) is 23.2 Å². The molecule has 76 valence electrons. The fourth-order valence-corrected chi connectivity index (χ4v) is 1.84. The minimum absolute atomic E-state index is 0.136. The van der Waals surface area contributed by atoms with E-state index in [1.165, 1.54) is 12.1 Å². The molecule has 2 unspecified atom stereocenters. The Morgan fingerprint density at radius 3 is 2.93 bits per heavy atom. The van der Waals surface area contributed by atoms with Crippen LogP contribution in [0.5, 0.6) is 0 Å². The van der Waals surface area contributed by atoms with Gasteiger partial charge in [-0.05, 0) is 24.6 Å². The highest BCUT2D eigenvalue weighted by atomic mass is 35.5. The van der Waals surface area contributed by atoms with Gasteiger partial charge in [-0.3, -0.25) is 0 Å². The maximum atomic E-state index is 13.4. The van der Waals surface area contributed by atoms with E-state index >= 15 is 0 Å². The quantitative estimate of drug-likeness (QED) is 0.780. The second kappa shape index (κ2) is 3.85. The van der Waals surface area contributed by atoms with Crippen LogP contribution in [0.4, 0.5) is 4.39 Å². The van der Waals surface area contributed by atoms with E-state index in [1.54, 1.807) is 6.07 Å². The second-order valence-corrected chi connectivity index (χ2v) is 3.85. The minimum atomic E-state index is -0.353. The molecule has 0 aliphatic carbocycles. The van der Waals surface area contributed by atoms with Crippen LogP contribution in [-0.4, -0.2) is 12.6 Å². The first kappa shape index (κ1) is 9.90. The van der Waals surface area contributed by atoms with Crippen LogP contribution in [-0.2, 0) is 4.74 Å². The Labute approximate surface area is 86.8 Å². The Bertz CT molecular complexity index is 345. The van der Waals surface area contributed by atoms with Crippen molar-refractivity contribution in [3.8, 4) is 0 Å². The molecular formula is C10H11ClFNO. The summed E-state index contributed by atoms with van der Waals surface area (Å²) in [7, 11) is 0. The molecule has 1 aromatic rings. The molecule has 1 aromatic carbocycles. The van der Waals surface area contributed by atoms with Crippen LogP contribution in [0.3, 0.4) is 0 Å². The molecule has 0 aromatic heterocycles. The van der Waals surface area contributed by atoms with Crippen molar-refractivity contribution in [3.63, 3.8) is 0 Å². The van der Waals surface area contributed by atoms with Gasteiger partial charge in [0.05, 0.1) is 0 Å². The summed E-state index contributed by atoms with van der Waals surface area (Å²) in [5.41, 5.74) is 6.26. The van der Waals surface area contributed by atoms with E-state index in [1.807, 2.05) is 0 Å². The zero-order valence-corrected chi connectivity index (χ0v) is 8.30. The van der Waals surface area contributed by atoms with Crippen LogP contribution in [0, 0.1) is 5.82 Å². The number of benzene rings is 1. The van der Waals surface area contributed by atoms with Crippen LogP contribution in [0.1, 0.15) is 18.1 Å². The van der Waals surface area contributed by atoms with E-state index in [2.05, 4.69) is 0 Å². The third-order valence-electron chi connectivity index (χ3n) is 2.40. The van der Waals surface area contributed by atoms with Gasteiger partial charge in [0.1, 0.15) is 11.9 Å². The molecule has 0 spiro atoms. The second-order valence-electron chi connectivity index (χ2n) is 3.41. The molecule has 2 rings (SSSR count). The lowest BCUT2D eigenvalue weighted by Gasteiger charge is -2.15. The lowest BCUT2D eigenvalue weighted by atomic mass is 10.0. The topological polar surface area (TPSA) is 35.2 Å². The van der Waals surface area contributed by atoms with Gasteiger partial charge in [-0.1, -0.05) is 11.6 Å². The van der Waals surface area contributed by atoms with E-state index in [0.717, 1.165) is 6.42 Å². The lowest BCUT2D eigenvalue weighted by molar-refractivity contribution is 0.102. The van der Waals surface area contributed by atoms with Crippen molar-refractivity contribution in [3.05, 3.63) is 34.6 Å². The third-order valence-corrected chi connectivity index (χ3v) is 2.64. The van der Waals surface area contributed by atoms with Crippen LogP contribution in [0.2, 0.25) is 5.02 Å². The number of hydrogen-bond donors (Lipinski definition) is 1. The summed E-state index contributed by atoms with van der Waals surface area (Å²) in [6.07, 6.45) is 0.407. The zero-order valence-electron chi connectivity index (χ0n) is 7.54. The van der Waals surface area contributed by atoms with Crippen LogP contribution < -0.4 is 5.73 Å². The average Bonchev–Trinajstić information content (AvgIpc) is 2.56. The number of nitrogens with two attached hydrogens (primary N) is 1. The van der Waals surface area contributed by atoms with E-state index in [0.29, 0.717) is 17.2 Å². The summed E-state index contributed by atoms with van der Waals surface area (Å²) in [4.78, 5) is 0. The van der Waals surface area contributed by atoms with Gasteiger partial charge in [-0.25, -0.2) is 4.39 Å². The highest BCUT2D eigenvalue weighted by Gasteiger charge is 2.28. The number of hydrogen-bond acceptors (Lipinski definition) is 2. The smallest absolute Gasteiger partial charge is 0.129 e. The maximum absolute atomic E-state index is 13.4. The fraction of sp³-hybridized carbons (Fsp3) is 0.400. The molecule has 1 aliphatic rings. The van der Waals surface area contributed by atoms with Gasteiger partial charge in [-0.2, -0.15) is 0 Å². The Kier molecular flexibility index (Phi) is 2.72. The normalized spacial score (nSPS) is 26.8. The van der Waals surface area contributed by atoms with Gasteiger partial charge in [0.15, 0.2) is 0 Å². The molecule has 14 heavy (non-hydrogen) atoms. The number of halogens is 2. The monoisotopic (exact) mass is 215 g/mol. The van der Waals surface area contributed by atoms with Crippen molar-refractivity contribution in [1.82, 2.24) is 0 Å². The van der Waals surface area contributed by atoms with Crippen molar-refractivity contribution in [2.45, 2.75) is 18.6 Å². The largest absolute Gasteiger partial charge is 0.372 e. The van der Waals surface area contributed by atoms with Gasteiger partial charge < -0.3 is 10.5 Å². The molecule has 1 fully saturated rings. The highest BCUT2D eigenvalue weighted by Crippen LogP contribution is 2.31. The molecule has 0 amide bonds. The summed E-state index contributed by atoms with van der Waals surface area (Å²) >= 11 is 5.78. The van der Waals surface area contributed by atoms with Crippen LogP contribution in [0.25, 0.3) is 0 Å². The van der Waals surface area contributed by atoms with Crippen LogP contribution >= 0.6 is 11.6 Å². The molecule has 2 N–H and O–H groups in total. The molecule has 0 bridgehead atoms. The average molecular weight is 216 g/mol. The third kappa shape index (κ3) is 1.75. The predicted molar refractivity (Wildman–Crippen MR) is 52.7 cm³/mol. The molecular weight excluding hydrogens is 205 g/mol. The Hall–Kier alpha value is -0.640. The fourth-order valence-electron chi connectivity index (χ4n) is 1.66. The Morgan fingerprint density at radius 2 is 2.29 bits per heavy atom. The first-order valence-corrected chi connectivity index (χ1v) is 4.88. The predicted octanol–water partition coefficient (Wildman–Crippen LogP) is 2.27. The molecule has 0 radical (unpaired) electrons. The molecule has 1 saturated heterocycles. The maximum Gasteiger partial charge on any atom is 0.129 e.